The van der Waals surface area contributed by atoms with Crippen LogP contribution in [0.3, 0.4) is 0 Å². The number of pyridine rings is 1. The summed E-state index contributed by atoms with van der Waals surface area (Å²) in [6.45, 7) is 7.76. The summed E-state index contributed by atoms with van der Waals surface area (Å²) in [7, 11) is 0. The van der Waals surface area contributed by atoms with E-state index in [0.29, 0.717) is 17.3 Å². The van der Waals surface area contributed by atoms with Crippen molar-refractivity contribution in [2.75, 3.05) is 23.3 Å². The molecule has 2 aromatic carbocycles. The molecule has 0 bridgehead atoms. The maximum Gasteiger partial charge on any atom is 0.228 e. The number of piperidine rings is 1. The zero-order valence-corrected chi connectivity index (χ0v) is 30.5. The Morgan fingerprint density at radius 3 is 2.48 bits per heavy atom. The second-order valence-electron chi connectivity index (χ2n) is 12.9. The summed E-state index contributed by atoms with van der Waals surface area (Å²) in [6.07, 6.45) is 4.10. The van der Waals surface area contributed by atoms with Crippen molar-refractivity contribution in [2.45, 2.75) is 58.5 Å². The van der Waals surface area contributed by atoms with Gasteiger partial charge in [-0.05, 0) is 86.7 Å². The topological polar surface area (TPSA) is 117 Å². The van der Waals surface area contributed by atoms with Gasteiger partial charge in [0.25, 0.3) is 0 Å². The second-order valence-corrected chi connectivity index (χ2v) is 14.6. The van der Waals surface area contributed by atoms with Gasteiger partial charge in [-0.1, -0.05) is 29.8 Å². The number of benzene rings is 2. The Morgan fingerprint density at radius 1 is 1.00 bits per heavy atom. The van der Waals surface area contributed by atoms with Gasteiger partial charge in [-0.25, -0.2) is 4.98 Å². The number of anilines is 2. The number of hydrogen-bond acceptors (Lipinski definition) is 8. The summed E-state index contributed by atoms with van der Waals surface area (Å²) in [6, 6.07) is 17.4. The fraction of sp³-hybridized carbons (Fsp3) is 0.297. The molecule has 3 aliphatic heterocycles. The first kappa shape index (κ1) is 34.0. The Kier molecular flexibility index (Phi) is 9.27. The SMILES string of the molecule is Cc1sc2c(c1C)C(c1ccc(Cl)cc1)=N[C@@H](CC(=O)NC1CCN(c3ccc(-c4ccc5c(c4)CC(=O)N5)cn3)CC1)c1nnc(C)n1-2.S. The number of aryl methyl sites for hydroxylation is 2. The highest BCUT2D eigenvalue weighted by molar-refractivity contribution is 7.59. The number of aromatic nitrogens is 4. The van der Waals surface area contributed by atoms with Crippen molar-refractivity contribution in [3.05, 3.63) is 105 Å². The van der Waals surface area contributed by atoms with Gasteiger partial charge in [0.1, 0.15) is 22.7 Å². The molecule has 1 saturated heterocycles. The van der Waals surface area contributed by atoms with Crippen molar-refractivity contribution in [2.24, 2.45) is 4.99 Å². The minimum absolute atomic E-state index is 0. The number of amides is 2. The molecule has 1 atom stereocenters. The Hall–Kier alpha value is -4.52. The van der Waals surface area contributed by atoms with Gasteiger partial charge in [0.15, 0.2) is 5.82 Å². The molecule has 2 amide bonds. The second kappa shape index (κ2) is 13.7. The lowest BCUT2D eigenvalue weighted by Crippen LogP contribution is -2.45. The Bertz CT molecular complexity index is 2130. The monoisotopic (exact) mass is 724 g/mol. The molecule has 1 fully saturated rings. The van der Waals surface area contributed by atoms with E-state index in [-0.39, 0.29) is 37.8 Å². The molecule has 3 aromatic heterocycles. The van der Waals surface area contributed by atoms with Crippen LogP contribution in [-0.2, 0) is 16.0 Å². The molecule has 0 radical (unpaired) electrons. The lowest BCUT2D eigenvalue weighted by atomic mass is 9.99. The summed E-state index contributed by atoms with van der Waals surface area (Å²) in [5, 5.41) is 16.8. The minimum atomic E-state index is -0.503. The van der Waals surface area contributed by atoms with E-state index in [1.54, 1.807) is 11.3 Å². The first-order valence-corrected chi connectivity index (χ1v) is 17.7. The van der Waals surface area contributed by atoms with Gasteiger partial charge in [0, 0.05) is 57.6 Å². The van der Waals surface area contributed by atoms with Gasteiger partial charge < -0.3 is 15.5 Å². The molecule has 3 aliphatic rings. The molecule has 50 heavy (non-hydrogen) atoms. The van der Waals surface area contributed by atoms with E-state index in [1.165, 1.54) is 4.88 Å². The van der Waals surface area contributed by atoms with Crippen molar-refractivity contribution >= 4 is 65.5 Å². The lowest BCUT2D eigenvalue weighted by molar-refractivity contribution is -0.122. The molecule has 5 aromatic rings. The zero-order chi connectivity index (χ0) is 33.8. The van der Waals surface area contributed by atoms with E-state index in [2.05, 4.69) is 56.3 Å². The standard InChI is InChI=1S/C37H35ClN8O2S.H2S/c1-20-21(2)49-37-34(20)35(23-4-8-27(38)9-5-23)42-30(36-44-43-22(3)46(36)37)18-33(48)40-28-12-14-45(15-13-28)31-11-7-25(19-39-31)24-6-10-29-26(16-24)17-32(47)41-29;/h4-11,16,19,28,30H,12-15,17-18H2,1-3H3,(H,40,48)(H,41,47);1H2/t30-;/m0./s1. The highest BCUT2D eigenvalue weighted by Crippen LogP contribution is 2.40. The fourth-order valence-corrected chi connectivity index (χ4v) is 8.34. The van der Waals surface area contributed by atoms with E-state index in [4.69, 9.17) is 21.6 Å². The van der Waals surface area contributed by atoms with Crippen molar-refractivity contribution in [3.63, 3.8) is 0 Å². The van der Waals surface area contributed by atoms with Gasteiger partial charge >= 0.3 is 0 Å². The van der Waals surface area contributed by atoms with Crippen LogP contribution in [0.1, 0.15) is 64.1 Å². The number of rotatable bonds is 6. The number of carbonyl (C=O) groups excluding carboxylic acids is 2. The molecular formula is C37H37ClN8O2S2. The van der Waals surface area contributed by atoms with Crippen LogP contribution in [0.2, 0.25) is 5.02 Å². The van der Waals surface area contributed by atoms with Crippen LogP contribution in [-0.4, -0.2) is 56.4 Å². The largest absolute Gasteiger partial charge is 0.356 e. The first-order chi connectivity index (χ1) is 23.7. The number of carbonyl (C=O) groups is 2. The predicted octanol–water partition coefficient (Wildman–Crippen LogP) is 6.64. The summed E-state index contributed by atoms with van der Waals surface area (Å²) in [5.74, 6) is 2.34. The van der Waals surface area contributed by atoms with Crippen LogP contribution in [0, 0.1) is 20.8 Å². The fourth-order valence-electron chi connectivity index (χ4n) is 7.00. The molecule has 256 valence electrons. The summed E-state index contributed by atoms with van der Waals surface area (Å²) in [5.41, 5.74) is 7.96. The van der Waals surface area contributed by atoms with Crippen LogP contribution in [0.25, 0.3) is 16.1 Å². The van der Waals surface area contributed by atoms with Gasteiger partial charge in [0.05, 0.1) is 18.6 Å². The summed E-state index contributed by atoms with van der Waals surface area (Å²) in [4.78, 5) is 38.9. The maximum absolute atomic E-state index is 13.6. The molecule has 8 rings (SSSR count). The van der Waals surface area contributed by atoms with E-state index >= 15 is 0 Å². The number of halogens is 1. The third-order valence-electron chi connectivity index (χ3n) is 9.73. The van der Waals surface area contributed by atoms with Crippen molar-refractivity contribution < 1.29 is 9.59 Å². The molecule has 0 spiro atoms. The summed E-state index contributed by atoms with van der Waals surface area (Å²) >= 11 is 7.94. The number of hydrogen-bond donors (Lipinski definition) is 2. The Balaban J connectivity index is 0.00000392. The lowest BCUT2D eigenvalue weighted by Gasteiger charge is -2.33. The molecule has 0 unspecified atom stereocenters. The molecular weight excluding hydrogens is 688 g/mol. The Morgan fingerprint density at radius 2 is 1.74 bits per heavy atom. The van der Waals surface area contributed by atoms with Crippen LogP contribution in [0.5, 0.6) is 0 Å². The number of aliphatic imine (C=N–C) groups is 1. The van der Waals surface area contributed by atoms with Gasteiger partial charge in [-0.3, -0.25) is 19.1 Å². The highest BCUT2D eigenvalue weighted by Gasteiger charge is 2.33. The number of nitrogens with one attached hydrogen (secondary N) is 2. The number of nitrogens with zero attached hydrogens (tertiary/aromatic N) is 6. The van der Waals surface area contributed by atoms with Crippen molar-refractivity contribution in [1.82, 2.24) is 25.1 Å². The van der Waals surface area contributed by atoms with E-state index in [0.717, 1.165) is 87.4 Å². The van der Waals surface area contributed by atoms with E-state index in [1.807, 2.05) is 55.6 Å². The molecule has 13 heteroatoms. The maximum atomic E-state index is 13.6. The highest BCUT2D eigenvalue weighted by atomic mass is 35.5. The number of fused-ring (bicyclic) bond motifs is 4. The average molecular weight is 725 g/mol. The quantitative estimate of drug-likeness (QED) is 0.203. The Labute approximate surface area is 306 Å². The smallest absolute Gasteiger partial charge is 0.228 e. The minimum Gasteiger partial charge on any atom is -0.356 e. The third kappa shape index (κ3) is 6.31. The van der Waals surface area contributed by atoms with Crippen molar-refractivity contribution in [1.29, 1.82) is 0 Å². The van der Waals surface area contributed by atoms with Crippen LogP contribution < -0.4 is 15.5 Å². The predicted molar refractivity (Wildman–Crippen MR) is 204 cm³/mol. The molecule has 10 nitrogen and oxygen atoms in total. The molecule has 6 heterocycles. The molecule has 2 N–H and O–H groups in total. The van der Waals surface area contributed by atoms with Crippen molar-refractivity contribution in [3.8, 4) is 16.1 Å². The zero-order valence-electron chi connectivity index (χ0n) is 28.0. The van der Waals surface area contributed by atoms with Gasteiger partial charge in [0.2, 0.25) is 11.8 Å². The normalized spacial score (nSPS) is 16.8. The average Bonchev–Trinajstić information content (AvgIpc) is 3.73. The van der Waals surface area contributed by atoms with Crippen LogP contribution in [0.15, 0.2) is 65.8 Å². The van der Waals surface area contributed by atoms with Crippen LogP contribution >= 0.6 is 36.4 Å². The van der Waals surface area contributed by atoms with E-state index in [9.17, 15) is 9.59 Å². The number of thiophene rings is 1. The van der Waals surface area contributed by atoms with Gasteiger partial charge in [-0.2, -0.15) is 13.5 Å². The molecule has 0 aliphatic carbocycles. The summed E-state index contributed by atoms with van der Waals surface area (Å²) < 4.78 is 2.07. The third-order valence-corrected chi connectivity index (χ3v) is 11.2. The molecule has 0 saturated carbocycles. The first-order valence-electron chi connectivity index (χ1n) is 16.5. The van der Waals surface area contributed by atoms with Crippen LogP contribution in [0.4, 0.5) is 11.5 Å². The van der Waals surface area contributed by atoms with E-state index < -0.39 is 6.04 Å². The van der Waals surface area contributed by atoms with Gasteiger partial charge in [-0.15, -0.1) is 21.5 Å².